The number of aromatic nitrogens is 3. The van der Waals surface area contributed by atoms with Crippen LogP contribution in [-0.2, 0) is 12.8 Å². The van der Waals surface area contributed by atoms with Crippen molar-refractivity contribution in [2.24, 2.45) is 0 Å². The van der Waals surface area contributed by atoms with Gasteiger partial charge in [-0.25, -0.2) is 4.68 Å². The van der Waals surface area contributed by atoms with Gasteiger partial charge in [-0.3, -0.25) is 0 Å². The van der Waals surface area contributed by atoms with Gasteiger partial charge in [0.05, 0.1) is 22.9 Å². The number of benzene rings is 4. The van der Waals surface area contributed by atoms with Gasteiger partial charge in [-0.05, 0) is 59.4 Å². The zero-order chi connectivity index (χ0) is 19.7. The van der Waals surface area contributed by atoms with Crippen LogP contribution in [0.25, 0.3) is 49.5 Å². The summed E-state index contributed by atoms with van der Waals surface area (Å²) < 4.78 is 2.03. The molecule has 7 rings (SSSR count). The summed E-state index contributed by atoms with van der Waals surface area (Å²) in [6.45, 7) is 0. The maximum atomic E-state index is 4.72. The molecule has 0 bridgehead atoms. The van der Waals surface area contributed by atoms with E-state index >= 15 is 0 Å². The van der Waals surface area contributed by atoms with Crippen LogP contribution in [0.1, 0.15) is 11.1 Å². The van der Waals surface area contributed by atoms with E-state index < -0.39 is 0 Å². The van der Waals surface area contributed by atoms with Crippen LogP contribution in [0.15, 0.2) is 85.1 Å². The van der Waals surface area contributed by atoms with Crippen LogP contribution in [0.2, 0.25) is 0 Å². The minimum atomic E-state index is 1.07. The van der Waals surface area contributed by atoms with E-state index in [4.69, 9.17) is 5.10 Å². The Morgan fingerprint density at radius 2 is 1.60 bits per heavy atom. The highest BCUT2D eigenvalue weighted by Crippen LogP contribution is 2.41. The molecular weight excluding hydrogens is 366 g/mol. The fraction of sp³-hybridized carbons (Fsp3) is 0.0741. The average Bonchev–Trinajstić information content (AvgIpc) is 3.40. The van der Waals surface area contributed by atoms with Crippen LogP contribution in [0, 0.1) is 0 Å². The molecule has 1 N–H and O–H groups in total. The number of nitrogens with one attached hydrogen (secondary N) is 1. The molecule has 0 saturated heterocycles. The molecule has 142 valence electrons. The highest BCUT2D eigenvalue weighted by atomic mass is 15.3. The molecule has 0 fully saturated rings. The maximum absolute atomic E-state index is 4.72. The van der Waals surface area contributed by atoms with Crippen LogP contribution >= 0.6 is 0 Å². The van der Waals surface area contributed by atoms with E-state index in [2.05, 4.69) is 77.8 Å². The number of rotatable bonds is 1. The minimum absolute atomic E-state index is 1.07. The highest BCUT2D eigenvalue weighted by molar-refractivity contribution is 6.20. The molecule has 2 heterocycles. The third-order valence-electron chi connectivity index (χ3n) is 6.55. The molecule has 30 heavy (non-hydrogen) atoms. The molecular formula is C27H19N3. The number of para-hydroxylation sites is 1. The summed E-state index contributed by atoms with van der Waals surface area (Å²) in [6, 6.07) is 28.1. The quantitative estimate of drug-likeness (QED) is 0.348. The molecule has 3 heteroatoms. The van der Waals surface area contributed by atoms with Crippen LogP contribution < -0.4 is 0 Å². The molecule has 0 atom stereocenters. The van der Waals surface area contributed by atoms with E-state index in [0.717, 1.165) is 24.0 Å². The van der Waals surface area contributed by atoms with Crippen molar-refractivity contribution in [3.63, 3.8) is 0 Å². The number of nitrogens with zero attached hydrogens (tertiary/aromatic N) is 2. The summed E-state index contributed by atoms with van der Waals surface area (Å²) in [4.78, 5) is 3.74. The summed E-state index contributed by atoms with van der Waals surface area (Å²) in [5.74, 6) is 0. The zero-order valence-corrected chi connectivity index (χ0v) is 16.4. The number of aryl methyl sites for hydroxylation is 2. The molecule has 0 aliphatic heterocycles. The lowest BCUT2D eigenvalue weighted by Gasteiger charge is -2.20. The van der Waals surface area contributed by atoms with E-state index in [1.807, 2.05) is 16.9 Å². The van der Waals surface area contributed by atoms with E-state index in [1.165, 1.54) is 49.4 Å². The fourth-order valence-electron chi connectivity index (χ4n) is 5.18. The van der Waals surface area contributed by atoms with Crippen LogP contribution in [0.4, 0.5) is 0 Å². The largest absolute Gasteiger partial charge is 0.354 e. The number of H-pyrrole nitrogens is 1. The third kappa shape index (κ3) is 2.07. The first kappa shape index (κ1) is 16.0. The fourth-order valence-corrected chi connectivity index (χ4v) is 5.18. The second-order valence-corrected chi connectivity index (χ2v) is 8.11. The van der Waals surface area contributed by atoms with Crippen molar-refractivity contribution in [3.8, 4) is 16.8 Å². The molecule has 2 aromatic heterocycles. The zero-order valence-electron chi connectivity index (χ0n) is 16.4. The van der Waals surface area contributed by atoms with E-state index in [9.17, 15) is 0 Å². The highest BCUT2D eigenvalue weighted by Gasteiger charge is 2.21. The number of aromatic amines is 1. The van der Waals surface area contributed by atoms with Gasteiger partial charge < -0.3 is 4.98 Å². The first-order valence-corrected chi connectivity index (χ1v) is 10.5. The molecule has 6 aromatic rings. The number of hydrogen-bond acceptors (Lipinski definition) is 1. The summed E-state index contributed by atoms with van der Waals surface area (Å²) in [7, 11) is 0. The smallest absolute Gasteiger partial charge is 0.0748 e. The Bertz CT molecular complexity index is 1590. The SMILES string of the molecule is c1ccc(-n2ncc3c4c(ccc32)[nH]c2c3c(ccc24)-c2ccccc2CC3)cc1. The van der Waals surface area contributed by atoms with Gasteiger partial charge in [0.2, 0.25) is 0 Å². The first-order chi connectivity index (χ1) is 14.9. The molecule has 0 amide bonds. The van der Waals surface area contributed by atoms with Crippen molar-refractivity contribution in [2.75, 3.05) is 0 Å². The van der Waals surface area contributed by atoms with E-state index in [1.54, 1.807) is 0 Å². The Morgan fingerprint density at radius 3 is 2.53 bits per heavy atom. The number of fused-ring (bicyclic) bond motifs is 9. The minimum Gasteiger partial charge on any atom is -0.354 e. The monoisotopic (exact) mass is 385 g/mol. The lowest BCUT2D eigenvalue weighted by Crippen LogP contribution is -2.04. The van der Waals surface area contributed by atoms with Crippen molar-refractivity contribution >= 4 is 32.7 Å². The normalized spacial score (nSPS) is 13.1. The van der Waals surface area contributed by atoms with Crippen molar-refractivity contribution in [1.29, 1.82) is 0 Å². The van der Waals surface area contributed by atoms with Gasteiger partial charge >= 0.3 is 0 Å². The van der Waals surface area contributed by atoms with Gasteiger partial charge in [0.1, 0.15) is 0 Å². The topological polar surface area (TPSA) is 33.6 Å². The molecule has 0 saturated carbocycles. The van der Waals surface area contributed by atoms with Gasteiger partial charge in [-0.15, -0.1) is 0 Å². The lowest BCUT2D eigenvalue weighted by molar-refractivity contribution is 0.911. The van der Waals surface area contributed by atoms with Crippen molar-refractivity contribution in [3.05, 3.63) is 96.2 Å². The molecule has 0 radical (unpaired) electrons. The Kier molecular flexibility index (Phi) is 3.11. The standard InChI is InChI=1S/C27H19N3/c1-2-7-18(8-3-1)30-25-15-14-24-26(23(25)16-28-30)22-13-12-20-19-9-5-4-6-17(19)10-11-21(20)27(22)29-24/h1-9,12-16,29H,10-11H2. The van der Waals surface area contributed by atoms with Gasteiger partial charge in [-0.2, -0.15) is 5.10 Å². The predicted octanol–water partition coefficient (Wildman–Crippen LogP) is 6.43. The third-order valence-corrected chi connectivity index (χ3v) is 6.55. The van der Waals surface area contributed by atoms with Gasteiger partial charge in [0.15, 0.2) is 0 Å². The predicted molar refractivity (Wildman–Crippen MR) is 123 cm³/mol. The molecule has 0 spiro atoms. The molecule has 1 aliphatic carbocycles. The van der Waals surface area contributed by atoms with E-state index in [-0.39, 0.29) is 0 Å². The average molecular weight is 385 g/mol. The second-order valence-electron chi connectivity index (χ2n) is 8.11. The van der Waals surface area contributed by atoms with Gasteiger partial charge in [0, 0.05) is 21.7 Å². The van der Waals surface area contributed by atoms with Crippen LogP contribution in [0.5, 0.6) is 0 Å². The molecule has 4 aromatic carbocycles. The molecule has 0 unspecified atom stereocenters. The molecule has 1 aliphatic rings. The summed E-state index contributed by atoms with van der Waals surface area (Å²) in [5, 5.41) is 8.48. The Hall–Kier alpha value is -3.85. The Morgan fingerprint density at radius 1 is 0.733 bits per heavy atom. The summed E-state index contributed by atoms with van der Waals surface area (Å²) in [6.07, 6.45) is 4.18. The van der Waals surface area contributed by atoms with Gasteiger partial charge in [-0.1, -0.05) is 54.6 Å². The number of hydrogen-bond donors (Lipinski definition) is 1. The van der Waals surface area contributed by atoms with Crippen LogP contribution in [-0.4, -0.2) is 14.8 Å². The molecule has 3 nitrogen and oxygen atoms in total. The van der Waals surface area contributed by atoms with Crippen LogP contribution in [0.3, 0.4) is 0 Å². The Labute approximate surface area is 173 Å². The van der Waals surface area contributed by atoms with Crippen molar-refractivity contribution in [1.82, 2.24) is 14.8 Å². The maximum Gasteiger partial charge on any atom is 0.0748 e. The summed E-state index contributed by atoms with van der Waals surface area (Å²) in [5.41, 5.74) is 10.3. The second kappa shape index (κ2) is 5.83. The first-order valence-electron chi connectivity index (χ1n) is 10.5. The van der Waals surface area contributed by atoms with Crippen molar-refractivity contribution in [2.45, 2.75) is 12.8 Å². The van der Waals surface area contributed by atoms with Gasteiger partial charge in [0.25, 0.3) is 0 Å². The van der Waals surface area contributed by atoms with E-state index in [0.29, 0.717) is 0 Å². The van der Waals surface area contributed by atoms with Crippen molar-refractivity contribution < 1.29 is 0 Å². The summed E-state index contributed by atoms with van der Waals surface area (Å²) >= 11 is 0. The lowest BCUT2D eigenvalue weighted by atomic mass is 9.84. The Balaban J connectivity index is 1.53.